The summed E-state index contributed by atoms with van der Waals surface area (Å²) in [6, 6.07) is 3.40. The van der Waals surface area contributed by atoms with Gasteiger partial charge < -0.3 is 5.11 Å². The predicted octanol–water partition coefficient (Wildman–Crippen LogP) is 3.45. The topological polar surface area (TPSA) is 20.2 Å². The Morgan fingerprint density at radius 1 is 1.24 bits per heavy atom. The number of aliphatic hydroxyl groups is 1. The second-order valence-corrected chi connectivity index (χ2v) is 5.98. The molecule has 0 amide bonds. The quantitative estimate of drug-likeness (QED) is 0.839. The van der Waals surface area contributed by atoms with Crippen molar-refractivity contribution in [1.29, 1.82) is 0 Å². The number of benzene rings is 1. The van der Waals surface area contributed by atoms with Gasteiger partial charge in [0.2, 0.25) is 0 Å². The molecule has 1 N–H and O–H groups in total. The molecule has 1 aromatic rings. The maximum Gasteiger partial charge on any atom is 0.126 e. The highest BCUT2D eigenvalue weighted by molar-refractivity contribution is 5.21. The van der Waals surface area contributed by atoms with Crippen LogP contribution in [0.2, 0.25) is 0 Å². The van der Waals surface area contributed by atoms with Crippen LogP contribution in [0.25, 0.3) is 0 Å². The molecule has 2 rings (SSSR count). The van der Waals surface area contributed by atoms with Gasteiger partial charge in [-0.15, -0.1) is 0 Å². The molecule has 1 aliphatic rings. The molecular formula is C14H18F2O. The first-order valence-corrected chi connectivity index (χ1v) is 5.96. The van der Waals surface area contributed by atoms with Gasteiger partial charge in [-0.1, -0.05) is 13.8 Å². The van der Waals surface area contributed by atoms with Gasteiger partial charge in [0, 0.05) is 6.42 Å². The summed E-state index contributed by atoms with van der Waals surface area (Å²) in [5.41, 5.74) is -0.540. The van der Waals surface area contributed by atoms with Crippen LogP contribution < -0.4 is 0 Å². The maximum atomic E-state index is 13.5. The van der Waals surface area contributed by atoms with E-state index in [0.29, 0.717) is 12.8 Å². The zero-order valence-corrected chi connectivity index (χ0v) is 10.3. The van der Waals surface area contributed by atoms with Crippen molar-refractivity contribution in [2.75, 3.05) is 0 Å². The molecule has 1 fully saturated rings. The summed E-state index contributed by atoms with van der Waals surface area (Å²) in [6.07, 6.45) is 2.40. The van der Waals surface area contributed by atoms with Gasteiger partial charge in [-0.05, 0) is 48.4 Å². The monoisotopic (exact) mass is 240 g/mol. The Bertz CT molecular complexity index is 428. The average Bonchev–Trinajstić information content (AvgIpc) is 2.47. The van der Waals surface area contributed by atoms with Gasteiger partial charge in [0.15, 0.2) is 0 Å². The summed E-state index contributed by atoms with van der Waals surface area (Å²) in [4.78, 5) is 0. The Morgan fingerprint density at radius 2 is 1.94 bits per heavy atom. The van der Waals surface area contributed by atoms with Gasteiger partial charge >= 0.3 is 0 Å². The smallest absolute Gasteiger partial charge is 0.126 e. The lowest BCUT2D eigenvalue weighted by atomic mass is 9.86. The van der Waals surface area contributed by atoms with Crippen LogP contribution in [-0.2, 0) is 6.42 Å². The van der Waals surface area contributed by atoms with Crippen molar-refractivity contribution < 1.29 is 13.9 Å². The second-order valence-electron chi connectivity index (χ2n) is 5.98. The van der Waals surface area contributed by atoms with E-state index in [4.69, 9.17) is 0 Å². The van der Waals surface area contributed by atoms with E-state index in [9.17, 15) is 13.9 Å². The Morgan fingerprint density at radius 3 is 2.53 bits per heavy atom. The van der Waals surface area contributed by atoms with E-state index in [1.54, 1.807) is 0 Å². The van der Waals surface area contributed by atoms with E-state index < -0.39 is 17.2 Å². The molecule has 0 bridgehead atoms. The van der Waals surface area contributed by atoms with Crippen molar-refractivity contribution in [2.24, 2.45) is 5.41 Å². The summed E-state index contributed by atoms with van der Waals surface area (Å²) in [6.45, 7) is 4.18. The summed E-state index contributed by atoms with van der Waals surface area (Å²) in [5, 5.41) is 10.4. The van der Waals surface area contributed by atoms with Crippen molar-refractivity contribution in [3.05, 3.63) is 35.4 Å². The summed E-state index contributed by atoms with van der Waals surface area (Å²) < 4.78 is 26.6. The third-order valence-electron chi connectivity index (χ3n) is 3.60. The molecule has 1 atom stereocenters. The number of halogens is 2. The third kappa shape index (κ3) is 2.83. The van der Waals surface area contributed by atoms with Crippen molar-refractivity contribution >= 4 is 0 Å². The Balaban J connectivity index is 2.18. The van der Waals surface area contributed by atoms with Crippen molar-refractivity contribution in [2.45, 2.75) is 45.1 Å². The van der Waals surface area contributed by atoms with Crippen LogP contribution in [0.1, 0.15) is 38.7 Å². The predicted molar refractivity (Wildman–Crippen MR) is 62.6 cm³/mol. The van der Waals surface area contributed by atoms with Crippen LogP contribution >= 0.6 is 0 Å². The summed E-state index contributed by atoms with van der Waals surface area (Å²) >= 11 is 0. The molecule has 94 valence electrons. The maximum absolute atomic E-state index is 13.5. The highest BCUT2D eigenvalue weighted by Gasteiger charge is 2.42. The van der Waals surface area contributed by atoms with E-state index in [1.807, 2.05) is 0 Å². The minimum Gasteiger partial charge on any atom is -0.390 e. The molecule has 0 aromatic heterocycles. The molecule has 0 spiro atoms. The van der Waals surface area contributed by atoms with E-state index in [1.165, 1.54) is 6.07 Å². The first-order chi connectivity index (χ1) is 7.80. The lowest BCUT2D eigenvalue weighted by Crippen LogP contribution is -2.29. The summed E-state index contributed by atoms with van der Waals surface area (Å²) in [5.74, 6) is -0.896. The first-order valence-electron chi connectivity index (χ1n) is 5.96. The SMILES string of the molecule is CC1(C)CCC(O)(Cc2cc(F)ccc2F)C1. The van der Waals surface area contributed by atoms with Crippen LogP contribution in [-0.4, -0.2) is 10.7 Å². The Kier molecular flexibility index (Phi) is 2.98. The third-order valence-corrected chi connectivity index (χ3v) is 3.60. The fourth-order valence-corrected chi connectivity index (χ4v) is 2.82. The lowest BCUT2D eigenvalue weighted by Gasteiger charge is -2.25. The van der Waals surface area contributed by atoms with Crippen molar-refractivity contribution in [3.8, 4) is 0 Å². The minimum atomic E-state index is -0.891. The van der Waals surface area contributed by atoms with Gasteiger partial charge in [-0.3, -0.25) is 0 Å². The van der Waals surface area contributed by atoms with Crippen LogP contribution in [0, 0.1) is 17.0 Å². The molecule has 1 nitrogen and oxygen atoms in total. The van der Waals surface area contributed by atoms with Gasteiger partial charge in [-0.25, -0.2) is 8.78 Å². The zero-order valence-electron chi connectivity index (χ0n) is 10.3. The van der Waals surface area contributed by atoms with Crippen LogP contribution in [0.3, 0.4) is 0 Å². The first kappa shape index (κ1) is 12.5. The second kappa shape index (κ2) is 4.05. The largest absolute Gasteiger partial charge is 0.390 e. The number of hydrogen-bond donors (Lipinski definition) is 1. The van der Waals surface area contributed by atoms with Crippen LogP contribution in [0.5, 0.6) is 0 Å². The fraction of sp³-hybridized carbons (Fsp3) is 0.571. The minimum absolute atomic E-state index is 0.0819. The normalized spacial score (nSPS) is 27.4. The molecule has 0 radical (unpaired) electrons. The zero-order chi connectivity index (χ0) is 12.7. The number of hydrogen-bond acceptors (Lipinski definition) is 1. The molecule has 0 saturated heterocycles. The molecule has 0 aliphatic heterocycles. The standard InChI is InChI=1S/C14H18F2O/c1-13(2)5-6-14(17,9-13)8-10-7-11(15)3-4-12(10)16/h3-4,7,17H,5-6,8-9H2,1-2H3. The molecular weight excluding hydrogens is 222 g/mol. The molecule has 1 unspecified atom stereocenters. The van der Waals surface area contributed by atoms with Crippen molar-refractivity contribution in [1.82, 2.24) is 0 Å². The lowest BCUT2D eigenvalue weighted by molar-refractivity contribution is 0.0370. The molecule has 1 aliphatic carbocycles. The van der Waals surface area contributed by atoms with Crippen molar-refractivity contribution in [3.63, 3.8) is 0 Å². The van der Waals surface area contributed by atoms with Gasteiger partial charge in [-0.2, -0.15) is 0 Å². The average molecular weight is 240 g/mol. The van der Waals surface area contributed by atoms with Crippen LogP contribution in [0.15, 0.2) is 18.2 Å². The molecule has 1 aromatic carbocycles. The van der Waals surface area contributed by atoms with E-state index in [-0.39, 0.29) is 17.4 Å². The fourth-order valence-electron chi connectivity index (χ4n) is 2.82. The van der Waals surface area contributed by atoms with E-state index in [2.05, 4.69) is 13.8 Å². The molecule has 17 heavy (non-hydrogen) atoms. The number of rotatable bonds is 2. The van der Waals surface area contributed by atoms with E-state index in [0.717, 1.165) is 18.6 Å². The molecule has 0 heterocycles. The molecule has 1 saturated carbocycles. The van der Waals surface area contributed by atoms with E-state index >= 15 is 0 Å². The highest BCUT2D eigenvalue weighted by atomic mass is 19.1. The van der Waals surface area contributed by atoms with Gasteiger partial charge in [0.05, 0.1) is 5.60 Å². The van der Waals surface area contributed by atoms with Crippen LogP contribution in [0.4, 0.5) is 8.78 Å². The highest BCUT2D eigenvalue weighted by Crippen LogP contribution is 2.45. The Hall–Kier alpha value is -0.960. The summed E-state index contributed by atoms with van der Waals surface area (Å²) in [7, 11) is 0. The molecule has 3 heteroatoms. The van der Waals surface area contributed by atoms with Gasteiger partial charge in [0.1, 0.15) is 11.6 Å². The Labute approximate surface area is 100 Å². The van der Waals surface area contributed by atoms with Gasteiger partial charge in [0.25, 0.3) is 0 Å².